The van der Waals surface area contributed by atoms with Crippen molar-refractivity contribution in [1.82, 2.24) is 15.5 Å². The van der Waals surface area contributed by atoms with Gasteiger partial charge in [0, 0.05) is 31.9 Å². The monoisotopic (exact) mass is 334 g/mol. The lowest BCUT2D eigenvalue weighted by molar-refractivity contribution is 0.0951. The van der Waals surface area contributed by atoms with E-state index in [1.807, 2.05) is 74.4 Å². The standard InChI is InChI=1S/C20H22N4O/c1-14-5-4-6-16(11-14)19-18(13-22-23-19)20(25)21-12-15-7-9-17(10-8-15)24(2)3/h4-11,13H,12H2,1-3H3,(H,21,25)(H,22,23). The number of nitrogens with one attached hydrogen (secondary N) is 2. The summed E-state index contributed by atoms with van der Waals surface area (Å²) in [4.78, 5) is 14.6. The summed E-state index contributed by atoms with van der Waals surface area (Å²) in [5, 5.41) is 9.94. The predicted molar refractivity (Wildman–Crippen MR) is 101 cm³/mol. The van der Waals surface area contributed by atoms with Gasteiger partial charge in [-0.2, -0.15) is 5.10 Å². The number of hydrogen-bond donors (Lipinski definition) is 2. The lowest BCUT2D eigenvalue weighted by Gasteiger charge is -2.13. The summed E-state index contributed by atoms with van der Waals surface area (Å²) in [6.07, 6.45) is 1.57. The van der Waals surface area contributed by atoms with Crippen molar-refractivity contribution in [3.8, 4) is 11.3 Å². The van der Waals surface area contributed by atoms with Crippen molar-refractivity contribution in [2.75, 3.05) is 19.0 Å². The number of hydrogen-bond acceptors (Lipinski definition) is 3. The van der Waals surface area contributed by atoms with Crippen molar-refractivity contribution in [3.05, 3.63) is 71.4 Å². The maximum absolute atomic E-state index is 12.6. The number of H-pyrrole nitrogens is 1. The molecule has 5 nitrogen and oxygen atoms in total. The van der Waals surface area contributed by atoms with E-state index in [0.717, 1.165) is 28.1 Å². The predicted octanol–water partition coefficient (Wildman–Crippen LogP) is 3.38. The Kier molecular flexibility index (Phi) is 4.84. The first-order chi connectivity index (χ1) is 12.0. The summed E-state index contributed by atoms with van der Waals surface area (Å²) in [6, 6.07) is 16.1. The average Bonchev–Trinajstić information content (AvgIpc) is 3.10. The van der Waals surface area contributed by atoms with Gasteiger partial charge in [-0.3, -0.25) is 9.89 Å². The molecule has 128 valence electrons. The number of anilines is 1. The van der Waals surface area contributed by atoms with Crippen LogP contribution in [-0.4, -0.2) is 30.2 Å². The summed E-state index contributed by atoms with van der Waals surface area (Å²) < 4.78 is 0. The molecule has 0 radical (unpaired) electrons. The number of carbonyl (C=O) groups is 1. The first-order valence-corrected chi connectivity index (χ1v) is 8.19. The first-order valence-electron chi connectivity index (χ1n) is 8.19. The largest absolute Gasteiger partial charge is 0.378 e. The van der Waals surface area contributed by atoms with E-state index < -0.39 is 0 Å². The number of nitrogens with zero attached hydrogens (tertiary/aromatic N) is 2. The lowest BCUT2D eigenvalue weighted by atomic mass is 10.1. The molecule has 0 spiro atoms. The van der Waals surface area contributed by atoms with E-state index in [-0.39, 0.29) is 5.91 Å². The zero-order valence-corrected chi connectivity index (χ0v) is 14.7. The van der Waals surface area contributed by atoms with E-state index in [0.29, 0.717) is 12.1 Å². The van der Waals surface area contributed by atoms with Crippen LogP contribution in [0.5, 0.6) is 0 Å². The van der Waals surface area contributed by atoms with E-state index >= 15 is 0 Å². The molecule has 25 heavy (non-hydrogen) atoms. The topological polar surface area (TPSA) is 61.0 Å². The average molecular weight is 334 g/mol. The van der Waals surface area contributed by atoms with Gasteiger partial charge in [-0.05, 0) is 30.7 Å². The Labute approximate surface area is 147 Å². The number of benzene rings is 2. The molecule has 0 aliphatic heterocycles. The van der Waals surface area contributed by atoms with Gasteiger partial charge in [-0.1, -0.05) is 35.9 Å². The molecular formula is C20H22N4O. The number of amides is 1. The summed E-state index contributed by atoms with van der Waals surface area (Å²) >= 11 is 0. The fourth-order valence-electron chi connectivity index (χ4n) is 2.67. The molecule has 0 saturated heterocycles. The molecule has 0 unspecified atom stereocenters. The van der Waals surface area contributed by atoms with E-state index in [4.69, 9.17) is 0 Å². The fraction of sp³-hybridized carbons (Fsp3) is 0.200. The highest BCUT2D eigenvalue weighted by atomic mass is 16.1. The molecule has 0 aliphatic rings. The lowest BCUT2D eigenvalue weighted by Crippen LogP contribution is -2.23. The van der Waals surface area contributed by atoms with Crippen molar-refractivity contribution in [2.24, 2.45) is 0 Å². The Morgan fingerprint density at radius 1 is 1.16 bits per heavy atom. The second kappa shape index (κ2) is 7.21. The number of aromatic amines is 1. The Morgan fingerprint density at radius 3 is 2.60 bits per heavy atom. The normalized spacial score (nSPS) is 10.5. The maximum Gasteiger partial charge on any atom is 0.255 e. The van der Waals surface area contributed by atoms with Gasteiger partial charge in [0.15, 0.2) is 0 Å². The molecule has 2 N–H and O–H groups in total. The molecule has 2 aromatic carbocycles. The van der Waals surface area contributed by atoms with Crippen LogP contribution in [0.3, 0.4) is 0 Å². The zero-order valence-electron chi connectivity index (χ0n) is 14.7. The molecule has 3 aromatic rings. The van der Waals surface area contributed by atoms with Gasteiger partial charge in [-0.25, -0.2) is 0 Å². The van der Waals surface area contributed by atoms with Crippen LogP contribution in [0.4, 0.5) is 5.69 Å². The molecule has 0 fully saturated rings. The number of carbonyl (C=O) groups excluding carboxylic acids is 1. The minimum absolute atomic E-state index is 0.137. The molecular weight excluding hydrogens is 312 g/mol. The fourth-order valence-corrected chi connectivity index (χ4v) is 2.67. The van der Waals surface area contributed by atoms with Gasteiger partial charge in [-0.15, -0.1) is 0 Å². The summed E-state index contributed by atoms with van der Waals surface area (Å²) in [5.41, 5.74) is 5.57. The molecule has 3 rings (SSSR count). The van der Waals surface area contributed by atoms with Crippen LogP contribution in [-0.2, 0) is 6.54 Å². The van der Waals surface area contributed by atoms with Gasteiger partial charge >= 0.3 is 0 Å². The van der Waals surface area contributed by atoms with Crippen molar-refractivity contribution < 1.29 is 4.79 Å². The molecule has 0 atom stereocenters. The van der Waals surface area contributed by atoms with Crippen molar-refractivity contribution >= 4 is 11.6 Å². The van der Waals surface area contributed by atoms with Crippen LogP contribution in [0.2, 0.25) is 0 Å². The number of aromatic nitrogens is 2. The third-order valence-electron chi connectivity index (χ3n) is 4.10. The summed E-state index contributed by atoms with van der Waals surface area (Å²) in [5.74, 6) is -0.137. The number of rotatable bonds is 5. The highest BCUT2D eigenvalue weighted by Crippen LogP contribution is 2.22. The van der Waals surface area contributed by atoms with E-state index in [9.17, 15) is 4.79 Å². The minimum atomic E-state index is -0.137. The van der Waals surface area contributed by atoms with Crippen LogP contribution >= 0.6 is 0 Å². The Hall–Kier alpha value is -3.08. The summed E-state index contributed by atoms with van der Waals surface area (Å²) in [7, 11) is 4.00. The SMILES string of the molecule is Cc1cccc(-c2[nH]ncc2C(=O)NCc2ccc(N(C)C)cc2)c1. The second-order valence-electron chi connectivity index (χ2n) is 6.27. The van der Waals surface area contributed by atoms with Crippen molar-refractivity contribution in [3.63, 3.8) is 0 Å². The van der Waals surface area contributed by atoms with Crippen LogP contribution in [0.25, 0.3) is 11.3 Å². The van der Waals surface area contributed by atoms with Gasteiger partial charge in [0.25, 0.3) is 5.91 Å². The van der Waals surface area contributed by atoms with Crippen LogP contribution in [0, 0.1) is 6.92 Å². The van der Waals surface area contributed by atoms with Gasteiger partial charge in [0.1, 0.15) is 0 Å². The Morgan fingerprint density at radius 2 is 1.92 bits per heavy atom. The molecule has 0 aliphatic carbocycles. The first kappa shape index (κ1) is 16.8. The van der Waals surface area contributed by atoms with Gasteiger partial charge in [0.2, 0.25) is 0 Å². The van der Waals surface area contributed by atoms with E-state index in [1.54, 1.807) is 6.20 Å². The minimum Gasteiger partial charge on any atom is -0.378 e. The third-order valence-corrected chi connectivity index (χ3v) is 4.10. The van der Waals surface area contributed by atoms with Gasteiger partial charge in [0.05, 0.1) is 17.5 Å². The molecule has 5 heteroatoms. The van der Waals surface area contributed by atoms with Crippen molar-refractivity contribution in [1.29, 1.82) is 0 Å². The zero-order chi connectivity index (χ0) is 17.8. The smallest absolute Gasteiger partial charge is 0.255 e. The highest BCUT2D eigenvalue weighted by Gasteiger charge is 2.15. The second-order valence-corrected chi connectivity index (χ2v) is 6.27. The Bertz CT molecular complexity index is 865. The van der Waals surface area contributed by atoms with E-state index in [2.05, 4.69) is 15.5 Å². The maximum atomic E-state index is 12.6. The van der Waals surface area contributed by atoms with E-state index in [1.165, 1.54) is 0 Å². The summed E-state index contributed by atoms with van der Waals surface area (Å²) in [6.45, 7) is 2.50. The molecule has 0 bridgehead atoms. The van der Waals surface area contributed by atoms with Crippen LogP contribution < -0.4 is 10.2 Å². The number of aryl methyl sites for hydroxylation is 1. The molecule has 1 aromatic heterocycles. The highest BCUT2D eigenvalue weighted by molar-refractivity contribution is 5.99. The van der Waals surface area contributed by atoms with Crippen molar-refractivity contribution in [2.45, 2.75) is 13.5 Å². The molecule has 1 heterocycles. The molecule has 1 amide bonds. The van der Waals surface area contributed by atoms with Gasteiger partial charge < -0.3 is 10.2 Å². The third kappa shape index (κ3) is 3.88. The quantitative estimate of drug-likeness (QED) is 0.752. The molecule has 0 saturated carbocycles. The van der Waals surface area contributed by atoms with Crippen LogP contribution in [0.15, 0.2) is 54.7 Å². The van der Waals surface area contributed by atoms with Crippen LogP contribution in [0.1, 0.15) is 21.5 Å². The Balaban J connectivity index is 1.71.